The van der Waals surface area contributed by atoms with Gasteiger partial charge < -0.3 is 19.7 Å². The van der Waals surface area contributed by atoms with Crippen molar-refractivity contribution in [2.24, 2.45) is 0 Å². The highest BCUT2D eigenvalue weighted by atomic mass is 31.2. The van der Waals surface area contributed by atoms with Gasteiger partial charge in [0.05, 0.1) is 32.0 Å². The molecule has 1 fully saturated rings. The minimum absolute atomic E-state index is 0.0531. The van der Waals surface area contributed by atoms with Gasteiger partial charge in [-0.15, -0.1) is 0 Å². The van der Waals surface area contributed by atoms with Crippen molar-refractivity contribution in [3.8, 4) is 0 Å². The summed E-state index contributed by atoms with van der Waals surface area (Å²) < 4.78 is 30.2. The van der Waals surface area contributed by atoms with Crippen LogP contribution < -0.4 is 5.56 Å². The van der Waals surface area contributed by atoms with Crippen molar-refractivity contribution in [1.29, 1.82) is 0 Å². The van der Waals surface area contributed by atoms with Crippen LogP contribution in [-0.4, -0.2) is 54.9 Å². The van der Waals surface area contributed by atoms with Crippen LogP contribution in [0.3, 0.4) is 0 Å². The van der Waals surface area contributed by atoms with E-state index in [1.54, 1.807) is 4.57 Å². The lowest BCUT2D eigenvalue weighted by atomic mass is 9.91. The number of aromatic nitrogens is 4. The number of phosphoric acid groups is 1. The first kappa shape index (κ1) is 27.2. The maximum absolute atomic E-state index is 12.5. The molecule has 0 radical (unpaired) electrons. The fourth-order valence-electron chi connectivity index (χ4n) is 5.93. The van der Waals surface area contributed by atoms with Gasteiger partial charge >= 0.3 is 7.82 Å². The van der Waals surface area contributed by atoms with Crippen LogP contribution in [0.4, 0.5) is 0 Å². The molecule has 2 unspecified atom stereocenters. The van der Waals surface area contributed by atoms with E-state index in [4.69, 9.17) is 13.8 Å². The summed E-state index contributed by atoms with van der Waals surface area (Å²) in [4.78, 5) is 32.8. The van der Waals surface area contributed by atoms with Crippen LogP contribution in [0.1, 0.15) is 31.1 Å². The quantitative estimate of drug-likeness (QED) is 0.116. The molecule has 0 spiro atoms. The number of benzene rings is 4. The van der Waals surface area contributed by atoms with Gasteiger partial charge in [0.15, 0.2) is 11.2 Å². The van der Waals surface area contributed by atoms with E-state index in [9.17, 15) is 19.4 Å². The summed E-state index contributed by atoms with van der Waals surface area (Å²) in [6.45, 7) is -0.285. The van der Waals surface area contributed by atoms with Crippen molar-refractivity contribution in [2.75, 3.05) is 13.2 Å². The molecule has 3 heterocycles. The van der Waals surface area contributed by atoms with Crippen LogP contribution in [0.15, 0.2) is 72.0 Å². The molecule has 4 atom stereocenters. The van der Waals surface area contributed by atoms with E-state index in [-0.39, 0.29) is 30.7 Å². The van der Waals surface area contributed by atoms with Crippen molar-refractivity contribution in [3.05, 3.63) is 83.2 Å². The number of fused-ring (bicyclic) bond motifs is 1. The van der Waals surface area contributed by atoms with Crippen LogP contribution in [0.2, 0.25) is 0 Å². The van der Waals surface area contributed by atoms with Gasteiger partial charge in [0, 0.05) is 6.42 Å². The zero-order valence-electron chi connectivity index (χ0n) is 22.6. The first-order valence-corrected chi connectivity index (χ1v) is 15.4. The van der Waals surface area contributed by atoms with E-state index in [2.05, 4.69) is 69.5 Å². The number of aromatic amines is 1. The Morgan fingerprint density at radius 3 is 2.60 bits per heavy atom. The number of aliphatic hydroxyl groups excluding tert-OH is 1. The van der Waals surface area contributed by atoms with E-state index >= 15 is 0 Å². The molecule has 2 aromatic heterocycles. The SMILES string of the molecule is O=c1[nH]cnc2c1ncn2[C@H]1CC(O)[C@@H](COP(=O)(O)OCCCCc2ccc3ccc4cccc5ccc2c3c45)O1. The zero-order valence-corrected chi connectivity index (χ0v) is 23.4. The third-order valence-corrected chi connectivity index (χ3v) is 8.98. The molecular weight excluding hydrogens is 559 g/mol. The number of phosphoric ester groups is 1. The average Bonchev–Trinajstić information content (AvgIpc) is 3.59. The Labute approximate surface area is 239 Å². The number of ether oxygens (including phenoxy) is 1. The van der Waals surface area contributed by atoms with Crippen LogP contribution in [0.5, 0.6) is 0 Å². The van der Waals surface area contributed by atoms with E-state index in [0.717, 1.165) is 12.8 Å². The number of rotatable bonds is 10. The average molecular weight is 589 g/mol. The molecule has 6 aromatic rings. The number of aryl methyl sites for hydroxylation is 1. The van der Waals surface area contributed by atoms with Gasteiger partial charge in [-0.25, -0.2) is 14.5 Å². The minimum atomic E-state index is -4.36. The van der Waals surface area contributed by atoms with Crippen LogP contribution in [0, 0.1) is 0 Å². The van der Waals surface area contributed by atoms with Crippen LogP contribution in [0.25, 0.3) is 43.5 Å². The molecule has 0 saturated carbocycles. The highest BCUT2D eigenvalue weighted by molar-refractivity contribution is 7.47. The first-order chi connectivity index (χ1) is 20.4. The fraction of sp³-hybridized carbons (Fsp3) is 0.300. The summed E-state index contributed by atoms with van der Waals surface area (Å²) in [7, 11) is -4.36. The monoisotopic (exact) mass is 588 g/mol. The standard InChI is InChI=1S/C30H29N4O7P/c35-23-14-25(34-17-33-28-29(34)31-16-32-30(28)36)41-24(23)15-40-42(37,38)39-13-2-1-4-18-7-8-21-10-9-19-5-3-6-20-11-12-22(18)27(21)26(19)20/h3,5-12,16-17,23-25,35H,1-2,4,13-15H2,(H,37,38)(H,31,32,36)/t23?,24-,25-/m1/s1. The molecule has 42 heavy (non-hydrogen) atoms. The van der Waals surface area contributed by atoms with Gasteiger partial charge in [-0.3, -0.25) is 18.4 Å². The summed E-state index contributed by atoms with van der Waals surface area (Å²) in [6.07, 6.45) is 2.51. The van der Waals surface area contributed by atoms with Gasteiger partial charge in [-0.2, -0.15) is 0 Å². The zero-order chi connectivity index (χ0) is 28.8. The summed E-state index contributed by atoms with van der Waals surface area (Å²) in [5, 5.41) is 17.9. The Bertz CT molecular complexity index is 1990. The molecule has 0 bridgehead atoms. The number of nitrogens with one attached hydrogen (secondary N) is 1. The van der Waals surface area contributed by atoms with E-state index < -0.39 is 26.3 Å². The Kier molecular flexibility index (Phi) is 7.02. The highest BCUT2D eigenvalue weighted by Crippen LogP contribution is 2.44. The number of unbranched alkanes of at least 4 members (excludes halogenated alkanes) is 1. The first-order valence-electron chi connectivity index (χ1n) is 13.9. The number of aliphatic hydroxyl groups is 1. The molecular formula is C30H29N4O7P. The van der Waals surface area contributed by atoms with E-state index in [0.29, 0.717) is 12.1 Å². The molecule has 216 valence electrons. The van der Waals surface area contributed by atoms with Gasteiger partial charge in [0.25, 0.3) is 5.56 Å². The maximum Gasteiger partial charge on any atom is 0.472 e. The Hall–Kier alpha value is -3.70. The molecule has 3 N–H and O–H groups in total. The summed E-state index contributed by atoms with van der Waals surface area (Å²) in [5.41, 5.74) is 1.32. The topological polar surface area (TPSA) is 149 Å². The highest BCUT2D eigenvalue weighted by Gasteiger charge is 2.38. The molecule has 0 amide bonds. The van der Waals surface area contributed by atoms with Gasteiger partial charge in [0.1, 0.15) is 12.3 Å². The normalized spacial score (nSPS) is 20.8. The molecule has 1 aliphatic rings. The van der Waals surface area contributed by atoms with Crippen molar-refractivity contribution in [2.45, 2.75) is 44.1 Å². The second kappa shape index (κ2) is 10.9. The maximum atomic E-state index is 12.5. The number of nitrogens with zero attached hydrogens (tertiary/aromatic N) is 3. The predicted molar refractivity (Wildman–Crippen MR) is 157 cm³/mol. The number of hydrogen-bond acceptors (Lipinski definition) is 8. The van der Waals surface area contributed by atoms with Gasteiger partial charge in [-0.1, -0.05) is 54.6 Å². The largest absolute Gasteiger partial charge is 0.472 e. The molecule has 12 heteroatoms. The van der Waals surface area contributed by atoms with Gasteiger partial charge in [0.2, 0.25) is 0 Å². The lowest BCUT2D eigenvalue weighted by Gasteiger charge is -2.18. The lowest BCUT2D eigenvalue weighted by Crippen LogP contribution is -2.26. The second-order valence-electron chi connectivity index (χ2n) is 10.6. The lowest BCUT2D eigenvalue weighted by molar-refractivity contribution is -0.0439. The van der Waals surface area contributed by atoms with Crippen LogP contribution in [-0.2, 0) is 24.8 Å². The molecule has 1 saturated heterocycles. The third kappa shape index (κ3) is 4.98. The molecule has 4 aromatic carbocycles. The van der Waals surface area contributed by atoms with Crippen molar-refractivity contribution >= 4 is 51.3 Å². The smallest absolute Gasteiger partial charge is 0.390 e. The molecule has 11 nitrogen and oxygen atoms in total. The third-order valence-electron chi connectivity index (χ3n) is 8.00. The Morgan fingerprint density at radius 2 is 1.76 bits per heavy atom. The summed E-state index contributed by atoms with van der Waals surface area (Å²) in [5.74, 6) is 0. The number of imidazole rings is 1. The number of hydrogen-bond donors (Lipinski definition) is 3. The summed E-state index contributed by atoms with van der Waals surface area (Å²) >= 11 is 0. The molecule has 1 aliphatic heterocycles. The number of H-pyrrole nitrogens is 1. The van der Waals surface area contributed by atoms with E-state index in [1.807, 2.05) is 0 Å². The van der Waals surface area contributed by atoms with Crippen molar-refractivity contribution in [3.63, 3.8) is 0 Å². The summed E-state index contributed by atoms with van der Waals surface area (Å²) in [6, 6.07) is 19.3. The predicted octanol–water partition coefficient (Wildman–Crippen LogP) is 4.82. The van der Waals surface area contributed by atoms with E-state index in [1.165, 1.54) is 50.5 Å². The minimum Gasteiger partial charge on any atom is -0.390 e. The van der Waals surface area contributed by atoms with Crippen molar-refractivity contribution < 1.29 is 28.3 Å². The molecule has 0 aliphatic carbocycles. The Morgan fingerprint density at radius 1 is 1.00 bits per heavy atom. The Balaban J connectivity index is 0.921. The van der Waals surface area contributed by atoms with Crippen LogP contribution >= 0.6 is 7.82 Å². The molecule has 7 rings (SSSR count). The second-order valence-corrected chi connectivity index (χ2v) is 12.1. The fourth-order valence-corrected chi connectivity index (χ4v) is 6.70. The van der Waals surface area contributed by atoms with Crippen molar-refractivity contribution in [1.82, 2.24) is 19.5 Å². The van der Waals surface area contributed by atoms with Gasteiger partial charge in [-0.05, 0) is 57.1 Å².